The highest BCUT2D eigenvalue weighted by Gasteiger charge is 2.29. The van der Waals surface area contributed by atoms with E-state index in [1.54, 1.807) is 24.3 Å². The Morgan fingerprint density at radius 1 is 0.312 bits per heavy atom. The van der Waals surface area contributed by atoms with E-state index in [0.29, 0.717) is 11.1 Å². The Balaban J connectivity index is 0.000000246. The van der Waals surface area contributed by atoms with Crippen molar-refractivity contribution in [2.45, 2.75) is 57.8 Å². The fourth-order valence-corrected chi connectivity index (χ4v) is 5.65. The third-order valence-corrected chi connectivity index (χ3v) is 9.15. The Labute approximate surface area is 279 Å². The van der Waals surface area contributed by atoms with Crippen molar-refractivity contribution in [3.8, 4) is 51.7 Å². The van der Waals surface area contributed by atoms with Crippen LogP contribution in [-0.2, 0) is 16.2 Å². The summed E-state index contributed by atoms with van der Waals surface area (Å²) in [5, 5.41) is 87.2. The van der Waals surface area contributed by atoms with Gasteiger partial charge in [0.05, 0.1) is 0 Å². The Kier molecular flexibility index (Phi) is 9.40. The van der Waals surface area contributed by atoms with Crippen molar-refractivity contribution in [2.75, 3.05) is 0 Å². The molecule has 0 bridgehead atoms. The summed E-state index contributed by atoms with van der Waals surface area (Å²) >= 11 is 0. The molecular formula is C39H42O9. The second-order valence-corrected chi connectivity index (χ2v) is 13.4. The van der Waals surface area contributed by atoms with Gasteiger partial charge in [0.15, 0.2) is 34.5 Å². The second-order valence-electron chi connectivity index (χ2n) is 13.4. The molecule has 252 valence electrons. The van der Waals surface area contributed by atoms with Crippen molar-refractivity contribution >= 4 is 0 Å². The molecule has 5 aromatic rings. The van der Waals surface area contributed by atoms with Crippen LogP contribution in [0.5, 0.6) is 51.7 Å². The van der Waals surface area contributed by atoms with E-state index in [9.17, 15) is 46.0 Å². The molecule has 5 aromatic carbocycles. The standard InChI is InChI=1S/C24H26O6.C15H16O3/c1-23(2,15-9-17(25)21(29)18(26)10-15)13-5-7-14(8-6-13)24(3,4)16-11-19(27)22(30)20(28)12-16;1-15(2,10-3-5-11(16)6-4-10)13-8-7-12(17)9-14(13)18/h5-12,25-30H,1-4H3;3-9,16-18H,1-2H3. The van der Waals surface area contributed by atoms with E-state index < -0.39 is 27.7 Å². The monoisotopic (exact) mass is 654 g/mol. The summed E-state index contributed by atoms with van der Waals surface area (Å²) in [6.07, 6.45) is 0. The number of rotatable bonds is 6. The van der Waals surface area contributed by atoms with Gasteiger partial charge >= 0.3 is 0 Å². The van der Waals surface area contributed by atoms with Crippen LogP contribution in [0.4, 0.5) is 0 Å². The first-order valence-corrected chi connectivity index (χ1v) is 15.2. The molecule has 0 amide bonds. The Hall–Kier alpha value is -5.70. The van der Waals surface area contributed by atoms with Crippen molar-refractivity contribution in [1.82, 2.24) is 0 Å². The van der Waals surface area contributed by atoms with Crippen LogP contribution in [0.1, 0.15) is 74.9 Å². The van der Waals surface area contributed by atoms with Crippen molar-refractivity contribution < 1.29 is 46.0 Å². The van der Waals surface area contributed by atoms with Crippen LogP contribution in [-0.4, -0.2) is 46.0 Å². The molecule has 48 heavy (non-hydrogen) atoms. The maximum atomic E-state index is 9.93. The largest absolute Gasteiger partial charge is 0.508 e. The fraction of sp³-hybridized carbons (Fsp3) is 0.231. The molecule has 0 radical (unpaired) electrons. The molecule has 0 aliphatic carbocycles. The number of aromatic hydroxyl groups is 9. The summed E-state index contributed by atoms with van der Waals surface area (Å²) in [5.41, 5.74) is 3.26. The summed E-state index contributed by atoms with van der Waals surface area (Å²) in [5.74, 6) is -2.33. The molecule has 0 fully saturated rings. The molecule has 0 saturated heterocycles. The van der Waals surface area contributed by atoms with Crippen LogP contribution in [0.15, 0.2) is 91.0 Å². The topological polar surface area (TPSA) is 182 Å². The third kappa shape index (κ3) is 6.85. The maximum absolute atomic E-state index is 9.93. The van der Waals surface area contributed by atoms with E-state index in [4.69, 9.17) is 0 Å². The van der Waals surface area contributed by atoms with E-state index in [0.717, 1.165) is 22.3 Å². The highest BCUT2D eigenvalue weighted by Crippen LogP contribution is 2.44. The predicted octanol–water partition coefficient (Wildman–Crippen LogP) is 7.70. The van der Waals surface area contributed by atoms with E-state index in [-0.39, 0.29) is 40.2 Å². The highest BCUT2D eigenvalue weighted by atomic mass is 16.3. The van der Waals surface area contributed by atoms with Gasteiger partial charge in [-0.2, -0.15) is 0 Å². The first-order chi connectivity index (χ1) is 22.3. The van der Waals surface area contributed by atoms with E-state index >= 15 is 0 Å². The molecule has 0 aliphatic rings. The molecule has 5 rings (SSSR count). The quantitative estimate of drug-likeness (QED) is 0.0829. The van der Waals surface area contributed by atoms with Gasteiger partial charge in [-0.15, -0.1) is 0 Å². The molecule has 0 aliphatic heterocycles. The van der Waals surface area contributed by atoms with Crippen LogP contribution < -0.4 is 0 Å². The van der Waals surface area contributed by atoms with Gasteiger partial charge in [-0.3, -0.25) is 0 Å². The lowest BCUT2D eigenvalue weighted by atomic mass is 9.74. The third-order valence-electron chi connectivity index (χ3n) is 9.15. The lowest BCUT2D eigenvalue weighted by Gasteiger charge is -2.30. The maximum Gasteiger partial charge on any atom is 0.200 e. The van der Waals surface area contributed by atoms with Crippen LogP contribution in [0.25, 0.3) is 0 Å². The normalized spacial score (nSPS) is 11.9. The van der Waals surface area contributed by atoms with Crippen LogP contribution in [0.2, 0.25) is 0 Å². The minimum Gasteiger partial charge on any atom is -0.508 e. The average Bonchev–Trinajstić information content (AvgIpc) is 3.02. The van der Waals surface area contributed by atoms with Crippen LogP contribution >= 0.6 is 0 Å². The molecule has 0 unspecified atom stereocenters. The van der Waals surface area contributed by atoms with Gasteiger partial charge in [0.1, 0.15) is 17.2 Å². The molecule has 0 spiro atoms. The van der Waals surface area contributed by atoms with Gasteiger partial charge < -0.3 is 46.0 Å². The van der Waals surface area contributed by atoms with Crippen molar-refractivity contribution in [3.63, 3.8) is 0 Å². The van der Waals surface area contributed by atoms with Gasteiger partial charge in [0, 0.05) is 27.9 Å². The summed E-state index contributed by atoms with van der Waals surface area (Å²) in [4.78, 5) is 0. The molecule has 0 atom stereocenters. The lowest BCUT2D eigenvalue weighted by Crippen LogP contribution is -2.21. The van der Waals surface area contributed by atoms with Gasteiger partial charge in [-0.25, -0.2) is 0 Å². The van der Waals surface area contributed by atoms with E-state index in [1.165, 1.54) is 30.3 Å². The Morgan fingerprint density at radius 3 is 0.979 bits per heavy atom. The summed E-state index contributed by atoms with van der Waals surface area (Å²) in [6.45, 7) is 11.7. The fourth-order valence-electron chi connectivity index (χ4n) is 5.65. The minimum atomic E-state index is -0.569. The zero-order chi connectivity index (χ0) is 35.8. The average molecular weight is 655 g/mol. The van der Waals surface area contributed by atoms with Crippen molar-refractivity contribution in [1.29, 1.82) is 0 Å². The highest BCUT2D eigenvalue weighted by molar-refractivity contribution is 5.56. The zero-order valence-electron chi connectivity index (χ0n) is 27.7. The van der Waals surface area contributed by atoms with Crippen molar-refractivity contribution in [2.24, 2.45) is 0 Å². The van der Waals surface area contributed by atoms with E-state index in [1.807, 2.05) is 77.9 Å². The number of hydrogen-bond donors (Lipinski definition) is 9. The molecular weight excluding hydrogens is 612 g/mol. The van der Waals surface area contributed by atoms with Crippen LogP contribution in [0.3, 0.4) is 0 Å². The second kappa shape index (κ2) is 12.8. The smallest absolute Gasteiger partial charge is 0.200 e. The van der Waals surface area contributed by atoms with Gasteiger partial charge in [0.25, 0.3) is 0 Å². The first-order valence-electron chi connectivity index (χ1n) is 15.2. The molecule has 0 saturated carbocycles. The van der Waals surface area contributed by atoms with Gasteiger partial charge in [-0.1, -0.05) is 84.0 Å². The Bertz CT molecular complexity index is 1790. The van der Waals surface area contributed by atoms with Crippen LogP contribution in [0, 0.1) is 0 Å². The molecule has 9 heteroatoms. The minimum absolute atomic E-state index is 0.0396. The summed E-state index contributed by atoms with van der Waals surface area (Å²) in [6, 6.07) is 24.9. The lowest BCUT2D eigenvalue weighted by molar-refractivity contribution is 0.365. The predicted molar refractivity (Wildman–Crippen MR) is 184 cm³/mol. The summed E-state index contributed by atoms with van der Waals surface area (Å²) < 4.78 is 0. The van der Waals surface area contributed by atoms with E-state index in [2.05, 4.69) is 0 Å². The molecule has 0 heterocycles. The number of phenolic OH excluding ortho intramolecular Hbond substituents is 9. The van der Waals surface area contributed by atoms with Crippen molar-refractivity contribution in [3.05, 3.63) is 124 Å². The first kappa shape index (κ1) is 35.2. The number of benzene rings is 5. The zero-order valence-corrected chi connectivity index (χ0v) is 27.7. The molecule has 9 nitrogen and oxygen atoms in total. The number of hydrogen-bond acceptors (Lipinski definition) is 9. The Morgan fingerprint density at radius 2 is 0.625 bits per heavy atom. The molecule has 0 aromatic heterocycles. The SMILES string of the molecule is CC(C)(c1ccc(C(C)(C)c2cc(O)c(O)c(O)c2)cc1)c1cc(O)c(O)c(O)c1.CC(C)(c1ccc(O)cc1)c1ccc(O)cc1O. The summed E-state index contributed by atoms with van der Waals surface area (Å²) in [7, 11) is 0. The van der Waals surface area contributed by atoms with Gasteiger partial charge in [-0.05, 0) is 70.3 Å². The van der Waals surface area contributed by atoms with Gasteiger partial charge in [0.2, 0.25) is 0 Å². The molecule has 9 N–H and O–H groups in total. The number of phenols is 9.